The lowest BCUT2D eigenvalue weighted by Crippen LogP contribution is -2.04. The van der Waals surface area contributed by atoms with Gasteiger partial charge in [-0.2, -0.15) is 0 Å². The smallest absolute Gasteiger partial charge is 0.221 e. The number of benzene rings is 3. The number of hydrogen-bond acceptors (Lipinski definition) is 5. The molecule has 32 heavy (non-hydrogen) atoms. The first kappa shape index (κ1) is 19.2. The van der Waals surface area contributed by atoms with Gasteiger partial charge in [0.25, 0.3) is 0 Å². The zero-order chi connectivity index (χ0) is 21.5. The Labute approximate surface area is 193 Å². The number of aromatic nitrogens is 2. The van der Waals surface area contributed by atoms with Gasteiger partial charge >= 0.3 is 0 Å². The van der Waals surface area contributed by atoms with Crippen LogP contribution < -0.4 is 5.73 Å². The van der Waals surface area contributed by atoms with E-state index in [-0.39, 0.29) is 0 Å². The molecule has 0 unspecified atom stereocenters. The zero-order valence-corrected chi connectivity index (χ0v) is 18.8. The quantitative estimate of drug-likeness (QED) is 0.305. The number of nitrogen functional groups attached to an aromatic ring is 1. The van der Waals surface area contributed by atoms with Gasteiger partial charge < -0.3 is 5.73 Å². The highest BCUT2D eigenvalue weighted by atomic mass is 32.1. The fraction of sp³-hybridized carbons (Fsp3) is 0.0370. The first-order chi connectivity index (χ1) is 15.7. The van der Waals surface area contributed by atoms with Crippen molar-refractivity contribution >= 4 is 48.8 Å². The average Bonchev–Trinajstić information content (AvgIpc) is 3.45. The van der Waals surface area contributed by atoms with Crippen molar-refractivity contribution in [1.82, 2.24) is 9.97 Å². The number of nitrogens with zero attached hydrogens (tertiary/aromatic N) is 2. The van der Waals surface area contributed by atoms with Crippen LogP contribution in [-0.2, 0) is 6.42 Å². The van der Waals surface area contributed by atoms with Crippen LogP contribution in [0.2, 0.25) is 0 Å². The van der Waals surface area contributed by atoms with Crippen LogP contribution in [0, 0.1) is 0 Å². The fourth-order valence-electron chi connectivity index (χ4n) is 4.07. The maximum atomic E-state index is 6.27. The summed E-state index contributed by atoms with van der Waals surface area (Å²) in [5.41, 5.74) is 10.5. The minimum Gasteiger partial charge on any atom is -0.368 e. The lowest BCUT2D eigenvalue weighted by Gasteiger charge is -2.13. The van der Waals surface area contributed by atoms with Crippen LogP contribution >= 0.6 is 22.7 Å². The molecule has 0 saturated carbocycles. The van der Waals surface area contributed by atoms with E-state index in [0.717, 1.165) is 33.1 Å². The molecule has 0 amide bonds. The van der Waals surface area contributed by atoms with Crippen LogP contribution in [0.5, 0.6) is 0 Å². The molecule has 0 aliphatic rings. The third kappa shape index (κ3) is 3.45. The lowest BCUT2D eigenvalue weighted by molar-refractivity contribution is 1.10. The predicted octanol–water partition coefficient (Wildman–Crippen LogP) is 7.41. The Bertz CT molecular complexity index is 1400. The van der Waals surface area contributed by atoms with E-state index in [1.807, 2.05) is 6.07 Å². The molecule has 3 nitrogen and oxygen atoms in total. The molecule has 0 spiro atoms. The minimum atomic E-state index is 0.307. The molecule has 154 valence electrons. The van der Waals surface area contributed by atoms with Crippen LogP contribution in [0.1, 0.15) is 11.1 Å². The molecule has 3 aromatic heterocycles. The number of hydrogen-bond donors (Lipinski definition) is 1. The van der Waals surface area contributed by atoms with Crippen molar-refractivity contribution in [3.05, 3.63) is 102 Å². The molecule has 0 aliphatic heterocycles. The van der Waals surface area contributed by atoms with Crippen molar-refractivity contribution in [2.24, 2.45) is 0 Å². The summed E-state index contributed by atoms with van der Waals surface area (Å²) >= 11 is 3.50. The molecule has 6 aromatic rings. The second-order valence-electron chi connectivity index (χ2n) is 7.72. The number of thiophene rings is 2. The molecule has 3 aromatic carbocycles. The molecular weight excluding hydrogens is 430 g/mol. The van der Waals surface area contributed by atoms with Crippen LogP contribution in [-0.4, -0.2) is 9.97 Å². The van der Waals surface area contributed by atoms with Gasteiger partial charge in [0.15, 0.2) is 0 Å². The molecule has 0 atom stereocenters. The molecule has 0 bridgehead atoms. The van der Waals surface area contributed by atoms with Gasteiger partial charge in [0, 0.05) is 21.4 Å². The Morgan fingerprint density at radius 2 is 1.12 bits per heavy atom. The van der Waals surface area contributed by atoms with E-state index < -0.39 is 0 Å². The van der Waals surface area contributed by atoms with Crippen molar-refractivity contribution in [2.45, 2.75) is 6.42 Å². The van der Waals surface area contributed by atoms with Gasteiger partial charge in [-0.25, -0.2) is 9.97 Å². The van der Waals surface area contributed by atoms with Crippen molar-refractivity contribution in [3.8, 4) is 21.1 Å². The number of nitrogens with two attached hydrogens (primary N) is 1. The number of rotatable bonds is 4. The van der Waals surface area contributed by atoms with E-state index in [0.29, 0.717) is 5.95 Å². The van der Waals surface area contributed by atoms with Gasteiger partial charge in [0.1, 0.15) is 0 Å². The third-order valence-corrected chi connectivity index (χ3v) is 7.81. The Morgan fingerprint density at radius 1 is 0.625 bits per heavy atom. The summed E-state index contributed by atoms with van der Waals surface area (Å²) < 4.78 is 2.49. The minimum absolute atomic E-state index is 0.307. The molecule has 0 aliphatic carbocycles. The van der Waals surface area contributed by atoms with Crippen LogP contribution in [0.25, 0.3) is 41.3 Å². The predicted molar refractivity (Wildman–Crippen MR) is 137 cm³/mol. The monoisotopic (exact) mass is 449 g/mol. The first-order valence-electron chi connectivity index (χ1n) is 10.4. The maximum absolute atomic E-state index is 6.27. The lowest BCUT2D eigenvalue weighted by atomic mass is 9.99. The Kier molecular flexibility index (Phi) is 4.71. The third-order valence-electron chi connectivity index (χ3n) is 5.57. The first-order valence-corrected chi connectivity index (χ1v) is 12.1. The van der Waals surface area contributed by atoms with E-state index in [1.54, 1.807) is 22.7 Å². The van der Waals surface area contributed by atoms with Gasteiger partial charge in [0.2, 0.25) is 5.95 Å². The average molecular weight is 450 g/mol. The summed E-state index contributed by atoms with van der Waals surface area (Å²) in [6, 6.07) is 31.8. The summed E-state index contributed by atoms with van der Waals surface area (Å²) in [7, 11) is 0. The van der Waals surface area contributed by atoms with Crippen LogP contribution in [0.4, 0.5) is 5.95 Å². The molecule has 0 fully saturated rings. The van der Waals surface area contributed by atoms with E-state index in [4.69, 9.17) is 15.7 Å². The largest absolute Gasteiger partial charge is 0.368 e. The maximum Gasteiger partial charge on any atom is 0.221 e. The Hall–Kier alpha value is -3.54. The van der Waals surface area contributed by atoms with E-state index >= 15 is 0 Å². The molecule has 6 rings (SSSR count). The second kappa shape index (κ2) is 7.86. The van der Waals surface area contributed by atoms with E-state index in [1.165, 1.54) is 25.7 Å². The van der Waals surface area contributed by atoms with Gasteiger partial charge in [-0.15, -0.1) is 22.7 Å². The molecule has 0 radical (unpaired) electrons. The fourth-order valence-corrected chi connectivity index (χ4v) is 6.23. The molecular formula is C27H19N3S2. The van der Waals surface area contributed by atoms with Gasteiger partial charge in [-0.1, -0.05) is 66.7 Å². The van der Waals surface area contributed by atoms with E-state index in [2.05, 4.69) is 84.9 Å². The highest BCUT2D eigenvalue weighted by Crippen LogP contribution is 2.41. The van der Waals surface area contributed by atoms with Gasteiger partial charge in [-0.05, 0) is 40.6 Å². The Morgan fingerprint density at radius 3 is 1.66 bits per heavy atom. The zero-order valence-electron chi connectivity index (χ0n) is 17.2. The highest BCUT2D eigenvalue weighted by Gasteiger charge is 2.20. The van der Waals surface area contributed by atoms with Gasteiger partial charge in [-0.3, -0.25) is 0 Å². The SMILES string of the molecule is Nc1nc(-c2cc3ccccc3s2)c(Cc2ccccc2)c(-c2cc3ccccc3s2)n1. The molecule has 0 saturated heterocycles. The normalized spacial score (nSPS) is 11.4. The topological polar surface area (TPSA) is 51.8 Å². The second-order valence-corrected chi connectivity index (χ2v) is 9.88. The number of anilines is 1. The molecule has 3 heterocycles. The summed E-state index contributed by atoms with van der Waals surface area (Å²) in [4.78, 5) is 11.8. The summed E-state index contributed by atoms with van der Waals surface area (Å²) in [6.45, 7) is 0. The standard InChI is InChI=1S/C27H19N3S2/c28-27-29-25(23-15-18-10-4-6-12-21(18)31-23)20(14-17-8-2-1-3-9-17)26(30-27)24-16-19-11-5-7-13-22(19)32-24/h1-13,15-16H,14H2,(H2,28,29,30). The van der Waals surface area contributed by atoms with Crippen LogP contribution in [0.15, 0.2) is 91.0 Å². The molecule has 2 N–H and O–H groups in total. The number of fused-ring (bicyclic) bond motifs is 2. The summed E-state index contributed by atoms with van der Waals surface area (Å²) in [5.74, 6) is 0.307. The van der Waals surface area contributed by atoms with Gasteiger partial charge in [0.05, 0.1) is 21.1 Å². The summed E-state index contributed by atoms with van der Waals surface area (Å²) in [6.07, 6.45) is 0.744. The van der Waals surface area contributed by atoms with Crippen LogP contribution in [0.3, 0.4) is 0 Å². The highest BCUT2D eigenvalue weighted by molar-refractivity contribution is 7.22. The van der Waals surface area contributed by atoms with Crippen molar-refractivity contribution in [2.75, 3.05) is 5.73 Å². The Balaban J connectivity index is 1.61. The van der Waals surface area contributed by atoms with Crippen molar-refractivity contribution in [1.29, 1.82) is 0 Å². The van der Waals surface area contributed by atoms with Crippen molar-refractivity contribution < 1.29 is 0 Å². The molecule has 5 heteroatoms. The van der Waals surface area contributed by atoms with E-state index in [9.17, 15) is 0 Å². The van der Waals surface area contributed by atoms with Crippen molar-refractivity contribution in [3.63, 3.8) is 0 Å². The summed E-state index contributed by atoms with van der Waals surface area (Å²) in [5, 5.41) is 2.44.